The Morgan fingerprint density at radius 2 is 2.38 bits per heavy atom. The van der Waals surface area contributed by atoms with Gasteiger partial charge in [0.05, 0.1) is 13.2 Å². The number of carboxylic acid groups (broad SMARTS) is 1. The zero-order valence-electron chi connectivity index (χ0n) is 8.84. The van der Waals surface area contributed by atoms with Gasteiger partial charge in [-0.25, -0.2) is 0 Å². The summed E-state index contributed by atoms with van der Waals surface area (Å²) in [4.78, 5) is 10.9. The van der Waals surface area contributed by atoms with Crippen molar-refractivity contribution < 1.29 is 19.4 Å². The number of nitrogens with two attached hydrogens (primary N) is 1. The molecular weight excluding hydrogens is 210 g/mol. The van der Waals surface area contributed by atoms with Crippen LogP contribution in [0.2, 0.25) is 0 Å². The molecule has 1 heterocycles. The first-order valence-corrected chi connectivity index (χ1v) is 4.92. The molecule has 16 heavy (non-hydrogen) atoms. The van der Waals surface area contributed by atoms with Crippen molar-refractivity contribution in [3.8, 4) is 11.5 Å². The molecule has 0 aromatic heterocycles. The summed E-state index contributed by atoms with van der Waals surface area (Å²) in [5, 5.41) is 8.97. The number of aliphatic carboxylic acids is 1. The SMILES string of the molecule is COc1ccc2c(c1)C(N)C(C(=O)O)CO2. The average molecular weight is 223 g/mol. The first-order chi connectivity index (χ1) is 7.63. The number of fused-ring (bicyclic) bond motifs is 1. The third kappa shape index (κ3) is 1.69. The molecule has 0 fully saturated rings. The van der Waals surface area contributed by atoms with Gasteiger partial charge in [-0.1, -0.05) is 0 Å². The predicted octanol–water partition coefficient (Wildman–Crippen LogP) is 0.788. The summed E-state index contributed by atoms with van der Waals surface area (Å²) in [5.41, 5.74) is 6.58. The number of carboxylic acids is 1. The highest BCUT2D eigenvalue weighted by molar-refractivity contribution is 5.72. The fourth-order valence-electron chi connectivity index (χ4n) is 1.77. The lowest BCUT2D eigenvalue weighted by molar-refractivity contribution is -0.144. The number of hydrogen-bond donors (Lipinski definition) is 2. The van der Waals surface area contributed by atoms with Crippen molar-refractivity contribution in [3.05, 3.63) is 23.8 Å². The van der Waals surface area contributed by atoms with Gasteiger partial charge in [0.1, 0.15) is 24.0 Å². The third-order valence-electron chi connectivity index (χ3n) is 2.75. The van der Waals surface area contributed by atoms with Crippen molar-refractivity contribution in [1.29, 1.82) is 0 Å². The molecule has 2 atom stereocenters. The van der Waals surface area contributed by atoms with Gasteiger partial charge >= 0.3 is 5.97 Å². The Labute approximate surface area is 92.8 Å². The Balaban J connectivity index is 2.38. The molecular formula is C11H13NO4. The number of benzene rings is 1. The van der Waals surface area contributed by atoms with Crippen molar-refractivity contribution in [2.75, 3.05) is 13.7 Å². The number of hydrogen-bond acceptors (Lipinski definition) is 4. The molecule has 0 radical (unpaired) electrons. The maximum Gasteiger partial charge on any atom is 0.311 e. The van der Waals surface area contributed by atoms with E-state index in [1.807, 2.05) is 0 Å². The molecule has 1 aliphatic heterocycles. The van der Waals surface area contributed by atoms with Gasteiger partial charge in [-0.05, 0) is 18.2 Å². The first-order valence-electron chi connectivity index (χ1n) is 4.92. The second-order valence-corrected chi connectivity index (χ2v) is 3.69. The molecule has 3 N–H and O–H groups in total. The van der Waals surface area contributed by atoms with Crippen molar-refractivity contribution in [3.63, 3.8) is 0 Å². The van der Waals surface area contributed by atoms with Crippen LogP contribution >= 0.6 is 0 Å². The molecule has 1 aliphatic rings. The Morgan fingerprint density at radius 3 is 3.00 bits per heavy atom. The second-order valence-electron chi connectivity index (χ2n) is 3.69. The molecule has 0 saturated carbocycles. The van der Waals surface area contributed by atoms with Gasteiger partial charge in [-0.15, -0.1) is 0 Å². The van der Waals surface area contributed by atoms with Crippen molar-refractivity contribution in [1.82, 2.24) is 0 Å². The Kier molecular flexibility index (Phi) is 2.70. The van der Waals surface area contributed by atoms with Crippen LogP contribution in [-0.2, 0) is 4.79 Å². The second kappa shape index (κ2) is 4.02. The lowest BCUT2D eigenvalue weighted by atomic mass is 9.91. The van der Waals surface area contributed by atoms with E-state index in [0.29, 0.717) is 17.1 Å². The summed E-state index contributed by atoms with van der Waals surface area (Å²) in [6.07, 6.45) is 0. The molecule has 2 unspecified atom stereocenters. The number of methoxy groups -OCH3 is 1. The van der Waals surface area contributed by atoms with Gasteiger partial charge in [0.15, 0.2) is 0 Å². The number of ether oxygens (including phenoxy) is 2. The van der Waals surface area contributed by atoms with E-state index in [1.54, 1.807) is 25.3 Å². The quantitative estimate of drug-likeness (QED) is 0.774. The van der Waals surface area contributed by atoms with Gasteiger partial charge in [-0.2, -0.15) is 0 Å². The standard InChI is InChI=1S/C11H13NO4/c1-15-6-2-3-9-7(4-6)10(12)8(5-16-9)11(13)14/h2-4,8,10H,5,12H2,1H3,(H,13,14). The lowest BCUT2D eigenvalue weighted by Crippen LogP contribution is -2.36. The number of rotatable bonds is 2. The van der Waals surface area contributed by atoms with Crippen LogP contribution < -0.4 is 15.2 Å². The molecule has 0 bridgehead atoms. The largest absolute Gasteiger partial charge is 0.497 e. The van der Waals surface area contributed by atoms with Gasteiger partial charge < -0.3 is 20.3 Å². The van der Waals surface area contributed by atoms with Crippen LogP contribution in [0.15, 0.2) is 18.2 Å². The van der Waals surface area contributed by atoms with Gasteiger partial charge in [0.25, 0.3) is 0 Å². The van der Waals surface area contributed by atoms with Crippen LogP contribution in [0.1, 0.15) is 11.6 Å². The summed E-state index contributed by atoms with van der Waals surface area (Å²) in [5.74, 6) is -0.379. The molecule has 0 saturated heterocycles. The van der Waals surface area contributed by atoms with Gasteiger partial charge in [0.2, 0.25) is 0 Å². The molecule has 86 valence electrons. The lowest BCUT2D eigenvalue weighted by Gasteiger charge is -2.28. The van der Waals surface area contributed by atoms with Gasteiger partial charge in [0, 0.05) is 5.56 Å². The van der Waals surface area contributed by atoms with E-state index in [9.17, 15) is 4.79 Å². The summed E-state index contributed by atoms with van der Waals surface area (Å²) >= 11 is 0. The predicted molar refractivity (Wildman–Crippen MR) is 56.5 cm³/mol. The van der Waals surface area contributed by atoms with Crippen LogP contribution in [0.3, 0.4) is 0 Å². The zero-order valence-corrected chi connectivity index (χ0v) is 8.84. The van der Waals surface area contributed by atoms with E-state index >= 15 is 0 Å². The Bertz CT molecular complexity index is 418. The molecule has 0 amide bonds. The summed E-state index contributed by atoms with van der Waals surface area (Å²) in [7, 11) is 1.55. The van der Waals surface area contributed by atoms with Crippen molar-refractivity contribution in [2.45, 2.75) is 6.04 Å². The minimum atomic E-state index is -0.944. The van der Waals surface area contributed by atoms with E-state index in [0.717, 1.165) is 0 Å². The minimum absolute atomic E-state index is 0.107. The first kappa shape index (κ1) is 10.8. The molecule has 5 nitrogen and oxygen atoms in total. The zero-order chi connectivity index (χ0) is 11.7. The maximum atomic E-state index is 10.9. The topological polar surface area (TPSA) is 81.8 Å². The summed E-state index contributed by atoms with van der Waals surface area (Å²) < 4.78 is 10.4. The highest BCUT2D eigenvalue weighted by Gasteiger charge is 2.33. The van der Waals surface area contributed by atoms with E-state index < -0.39 is 17.9 Å². The third-order valence-corrected chi connectivity index (χ3v) is 2.75. The smallest absolute Gasteiger partial charge is 0.311 e. The van der Waals surface area contributed by atoms with Crippen LogP contribution in [0.4, 0.5) is 0 Å². The summed E-state index contributed by atoms with van der Waals surface area (Å²) in [6.45, 7) is 0.107. The van der Waals surface area contributed by atoms with E-state index in [2.05, 4.69) is 0 Å². The van der Waals surface area contributed by atoms with E-state index in [-0.39, 0.29) is 6.61 Å². The van der Waals surface area contributed by atoms with Crippen LogP contribution in [0, 0.1) is 5.92 Å². The molecule has 2 rings (SSSR count). The normalized spacial score (nSPS) is 23.1. The molecule has 1 aromatic carbocycles. The molecule has 1 aromatic rings. The highest BCUT2D eigenvalue weighted by Crippen LogP contribution is 2.36. The number of carbonyl (C=O) groups is 1. The van der Waals surface area contributed by atoms with E-state index in [1.165, 1.54) is 0 Å². The van der Waals surface area contributed by atoms with Crippen LogP contribution in [0.5, 0.6) is 11.5 Å². The fourth-order valence-corrected chi connectivity index (χ4v) is 1.77. The van der Waals surface area contributed by atoms with Crippen molar-refractivity contribution in [2.24, 2.45) is 11.7 Å². The minimum Gasteiger partial charge on any atom is -0.497 e. The maximum absolute atomic E-state index is 10.9. The van der Waals surface area contributed by atoms with Crippen LogP contribution in [-0.4, -0.2) is 24.8 Å². The molecule has 0 spiro atoms. The van der Waals surface area contributed by atoms with E-state index in [4.69, 9.17) is 20.3 Å². The van der Waals surface area contributed by atoms with Crippen LogP contribution in [0.25, 0.3) is 0 Å². The van der Waals surface area contributed by atoms with Crippen molar-refractivity contribution >= 4 is 5.97 Å². The van der Waals surface area contributed by atoms with Gasteiger partial charge in [-0.3, -0.25) is 4.79 Å². The highest BCUT2D eigenvalue weighted by atomic mass is 16.5. The monoisotopic (exact) mass is 223 g/mol. The molecule has 5 heteroatoms. The Morgan fingerprint density at radius 1 is 1.62 bits per heavy atom. The summed E-state index contributed by atoms with van der Waals surface area (Å²) in [6, 6.07) is 4.66. The molecule has 0 aliphatic carbocycles. The fraction of sp³-hybridized carbons (Fsp3) is 0.364. The Hall–Kier alpha value is -1.75. The average Bonchev–Trinajstić information content (AvgIpc) is 2.28.